The molecule has 0 aliphatic carbocycles. The molecule has 2 aromatic rings. The maximum atomic E-state index is 12.8. The van der Waals surface area contributed by atoms with Gasteiger partial charge in [0.05, 0.1) is 4.92 Å². The van der Waals surface area contributed by atoms with Gasteiger partial charge >= 0.3 is 0 Å². The number of sulfonamides is 1. The number of benzene rings is 2. The zero-order chi connectivity index (χ0) is 20.3. The van der Waals surface area contributed by atoms with E-state index in [4.69, 9.17) is 0 Å². The van der Waals surface area contributed by atoms with Crippen molar-refractivity contribution >= 4 is 21.6 Å². The van der Waals surface area contributed by atoms with Crippen LogP contribution in [-0.2, 0) is 16.4 Å². The van der Waals surface area contributed by atoms with Gasteiger partial charge in [0.1, 0.15) is 0 Å². The lowest BCUT2D eigenvalue weighted by Gasteiger charge is -2.34. The van der Waals surface area contributed by atoms with Crippen LogP contribution in [0.25, 0.3) is 0 Å². The van der Waals surface area contributed by atoms with Gasteiger partial charge in [0.25, 0.3) is 11.6 Å². The van der Waals surface area contributed by atoms with Gasteiger partial charge in [-0.15, -0.1) is 0 Å². The second-order valence-electron chi connectivity index (χ2n) is 6.47. The topological polar surface area (TPSA) is 101 Å². The number of nitro groups is 1. The average molecular weight is 403 g/mol. The molecule has 1 fully saturated rings. The fourth-order valence-electron chi connectivity index (χ4n) is 3.16. The summed E-state index contributed by atoms with van der Waals surface area (Å²) in [5, 5.41) is 11.2. The second-order valence-corrected chi connectivity index (χ2v) is 8.38. The van der Waals surface area contributed by atoms with Gasteiger partial charge < -0.3 is 4.90 Å². The zero-order valence-corrected chi connectivity index (χ0v) is 16.3. The summed E-state index contributed by atoms with van der Waals surface area (Å²) in [6.07, 6.45) is 0.886. The van der Waals surface area contributed by atoms with Crippen molar-refractivity contribution in [1.82, 2.24) is 9.21 Å². The minimum Gasteiger partial charge on any atom is -0.336 e. The third-order valence-corrected chi connectivity index (χ3v) is 6.76. The normalized spacial score (nSPS) is 15.4. The summed E-state index contributed by atoms with van der Waals surface area (Å²) in [7, 11) is -4.01. The number of para-hydroxylation sites is 1. The van der Waals surface area contributed by atoms with Crippen LogP contribution in [0, 0.1) is 10.1 Å². The van der Waals surface area contributed by atoms with Crippen LogP contribution >= 0.6 is 0 Å². The number of carbonyl (C=O) groups is 1. The largest absolute Gasteiger partial charge is 0.336 e. The van der Waals surface area contributed by atoms with Gasteiger partial charge in [-0.2, -0.15) is 4.31 Å². The highest BCUT2D eigenvalue weighted by Crippen LogP contribution is 2.27. The van der Waals surface area contributed by atoms with E-state index >= 15 is 0 Å². The Morgan fingerprint density at radius 3 is 2.21 bits per heavy atom. The molecular formula is C19H21N3O5S. The van der Waals surface area contributed by atoms with E-state index in [-0.39, 0.29) is 37.0 Å². The molecule has 28 heavy (non-hydrogen) atoms. The molecule has 3 rings (SSSR count). The summed E-state index contributed by atoms with van der Waals surface area (Å²) < 4.78 is 26.9. The molecule has 0 radical (unpaired) electrons. The highest BCUT2D eigenvalue weighted by Gasteiger charge is 2.34. The smallest absolute Gasteiger partial charge is 0.289 e. The number of nitro benzene ring substituents is 1. The van der Waals surface area contributed by atoms with Gasteiger partial charge in [0.15, 0.2) is 4.90 Å². The summed E-state index contributed by atoms with van der Waals surface area (Å²) in [4.78, 5) is 24.4. The summed E-state index contributed by atoms with van der Waals surface area (Å²) in [6.45, 7) is 2.68. The average Bonchev–Trinajstić information content (AvgIpc) is 2.73. The Kier molecular flexibility index (Phi) is 5.76. The van der Waals surface area contributed by atoms with Crippen LogP contribution in [0.1, 0.15) is 22.8 Å². The van der Waals surface area contributed by atoms with Crippen molar-refractivity contribution in [1.29, 1.82) is 0 Å². The van der Waals surface area contributed by atoms with Crippen molar-refractivity contribution in [2.45, 2.75) is 18.2 Å². The van der Waals surface area contributed by atoms with Gasteiger partial charge in [-0.3, -0.25) is 14.9 Å². The molecule has 0 bridgehead atoms. The third kappa shape index (κ3) is 3.90. The lowest BCUT2D eigenvalue weighted by Crippen LogP contribution is -2.50. The van der Waals surface area contributed by atoms with E-state index in [1.807, 2.05) is 19.1 Å². The molecule has 1 amide bonds. The molecular weight excluding hydrogens is 382 g/mol. The molecule has 0 unspecified atom stereocenters. The van der Waals surface area contributed by atoms with Crippen molar-refractivity contribution in [2.24, 2.45) is 0 Å². The first-order valence-corrected chi connectivity index (χ1v) is 10.4. The quantitative estimate of drug-likeness (QED) is 0.563. The maximum absolute atomic E-state index is 12.8. The van der Waals surface area contributed by atoms with E-state index in [1.54, 1.807) is 17.0 Å². The molecule has 8 nitrogen and oxygen atoms in total. The number of piperazine rings is 1. The van der Waals surface area contributed by atoms with Crippen molar-refractivity contribution in [3.8, 4) is 0 Å². The summed E-state index contributed by atoms with van der Waals surface area (Å²) >= 11 is 0. The molecule has 0 saturated carbocycles. The van der Waals surface area contributed by atoms with Gasteiger partial charge in [0, 0.05) is 37.8 Å². The molecule has 9 heteroatoms. The highest BCUT2D eigenvalue weighted by atomic mass is 32.2. The van der Waals surface area contributed by atoms with E-state index in [2.05, 4.69) is 0 Å². The van der Waals surface area contributed by atoms with E-state index < -0.39 is 20.6 Å². The molecule has 1 aliphatic rings. The van der Waals surface area contributed by atoms with Crippen molar-refractivity contribution in [2.75, 3.05) is 26.2 Å². The molecule has 1 aliphatic heterocycles. The molecule has 0 atom stereocenters. The van der Waals surface area contributed by atoms with Crippen LogP contribution in [0.15, 0.2) is 53.4 Å². The number of hydrogen-bond donors (Lipinski definition) is 0. The molecule has 1 heterocycles. The Morgan fingerprint density at radius 2 is 1.64 bits per heavy atom. The number of nitrogens with zero attached hydrogens (tertiary/aromatic N) is 3. The fourth-order valence-corrected chi connectivity index (χ4v) is 4.74. The number of aryl methyl sites for hydroxylation is 1. The number of hydrogen-bond acceptors (Lipinski definition) is 5. The van der Waals surface area contributed by atoms with Crippen LogP contribution in [0.2, 0.25) is 0 Å². The fraction of sp³-hybridized carbons (Fsp3) is 0.316. The highest BCUT2D eigenvalue weighted by molar-refractivity contribution is 7.89. The number of carbonyl (C=O) groups excluding carboxylic acids is 1. The van der Waals surface area contributed by atoms with Crippen molar-refractivity contribution in [3.63, 3.8) is 0 Å². The zero-order valence-electron chi connectivity index (χ0n) is 15.4. The Hall–Kier alpha value is -2.78. The predicted octanol–water partition coefficient (Wildman–Crippen LogP) is 2.30. The van der Waals surface area contributed by atoms with E-state index in [9.17, 15) is 23.3 Å². The summed E-state index contributed by atoms with van der Waals surface area (Å²) in [5.41, 5.74) is 1.25. The molecule has 148 valence electrons. The first-order valence-electron chi connectivity index (χ1n) is 8.96. The lowest BCUT2D eigenvalue weighted by molar-refractivity contribution is -0.387. The summed E-state index contributed by atoms with van der Waals surface area (Å²) in [5.74, 6) is -0.148. The first-order chi connectivity index (χ1) is 13.3. The monoisotopic (exact) mass is 403 g/mol. The molecule has 0 N–H and O–H groups in total. The SMILES string of the molecule is CCc1ccc(C(=O)N2CCN(S(=O)(=O)c3ccccc3[N+](=O)[O-])CC2)cc1. The number of amides is 1. The van der Waals surface area contributed by atoms with Crippen LogP contribution in [-0.4, -0.2) is 54.6 Å². The molecule has 2 aromatic carbocycles. The standard InChI is InChI=1S/C19H21N3O5S/c1-2-15-7-9-16(10-8-15)19(23)20-11-13-21(14-12-20)28(26,27)18-6-4-3-5-17(18)22(24)25/h3-10H,2,11-14H2,1H3. The molecule has 1 saturated heterocycles. The van der Waals surface area contributed by atoms with Crippen molar-refractivity contribution in [3.05, 3.63) is 69.8 Å². The van der Waals surface area contributed by atoms with Crippen LogP contribution in [0.5, 0.6) is 0 Å². The Labute approximate surface area is 163 Å². The van der Waals surface area contributed by atoms with Crippen molar-refractivity contribution < 1.29 is 18.1 Å². The second kappa shape index (κ2) is 8.07. The van der Waals surface area contributed by atoms with Gasteiger partial charge in [-0.25, -0.2) is 8.42 Å². The minimum absolute atomic E-state index is 0.0904. The van der Waals surface area contributed by atoms with Gasteiger partial charge in [-0.05, 0) is 30.2 Å². The van der Waals surface area contributed by atoms with Crippen LogP contribution in [0.4, 0.5) is 5.69 Å². The Balaban J connectivity index is 1.72. The van der Waals surface area contributed by atoms with Gasteiger partial charge in [0.2, 0.25) is 10.0 Å². The van der Waals surface area contributed by atoms with E-state index in [0.717, 1.165) is 12.0 Å². The predicted molar refractivity (Wildman–Crippen MR) is 104 cm³/mol. The maximum Gasteiger partial charge on any atom is 0.289 e. The minimum atomic E-state index is -4.01. The summed E-state index contributed by atoms with van der Waals surface area (Å²) in [6, 6.07) is 12.7. The Morgan fingerprint density at radius 1 is 1.04 bits per heavy atom. The Bertz CT molecular complexity index is 981. The first kappa shape index (κ1) is 20.0. The van der Waals surface area contributed by atoms with E-state index in [0.29, 0.717) is 5.56 Å². The van der Waals surface area contributed by atoms with Gasteiger partial charge in [-0.1, -0.05) is 31.2 Å². The van der Waals surface area contributed by atoms with Crippen LogP contribution in [0.3, 0.4) is 0 Å². The lowest BCUT2D eigenvalue weighted by atomic mass is 10.1. The van der Waals surface area contributed by atoms with E-state index in [1.165, 1.54) is 28.6 Å². The third-order valence-electron chi connectivity index (χ3n) is 4.81. The molecule has 0 aromatic heterocycles. The molecule has 0 spiro atoms. The number of rotatable bonds is 5. The van der Waals surface area contributed by atoms with Crippen LogP contribution < -0.4 is 0 Å².